The fourth-order valence-corrected chi connectivity index (χ4v) is 3.94. The third kappa shape index (κ3) is 3.77. The summed E-state index contributed by atoms with van der Waals surface area (Å²) in [4.78, 5) is 2.55. The van der Waals surface area contributed by atoms with Crippen molar-refractivity contribution in [3.05, 3.63) is 23.7 Å². The minimum absolute atomic E-state index is 0.734. The van der Waals surface area contributed by atoms with Gasteiger partial charge in [-0.15, -0.1) is 0 Å². The van der Waals surface area contributed by atoms with Gasteiger partial charge in [0.2, 0.25) is 0 Å². The first-order valence-corrected chi connectivity index (χ1v) is 7.77. The van der Waals surface area contributed by atoms with Crippen molar-refractivity contribution in [2.24, 2.45) is 0 Å². The summed E-state index contributed by atoms with van der Waals surface area (Å²) in [7, 11) is 0. The number of nitrogens with zero attached hydrogens (tertiary/aromatic N) is 1. The van der Waals surface area contributed by atoms with Crippen LogP contribution in [0.3, 0.4) is 0 Å². The number of furan rings is 1. The molecule has 0 aromatic carbocycles. The Morgan fingerprint density at radius 2 is 2.11 bits per heavy atom. The Hall–Kier alpha value is -0.450. The van der Waals surface area contributed by atoms with Gasteiger partial charge in [-0.05, 0) is 12.6 Å². The lowest BCUT2D eigenvalue weighted by molar-refractivity contribution is 0.260. The van der Waals surface area contributed by atoms with Gasteiger partial charge in [0.15, 0.2) is 0 Å². The Kier molecular flexibility index (Phi) is 5.15. The van der Waals surface area contributed by atoms with Crippen molar-refractivity contribution in [1.82, 2.24) is 10.2 Å². The molecule has 1 aromatic heterocycles. The van der Waals surface area contributed by atoms with Gasteiger partial charge in [0.25, 0.3) is 0 Å². The highest BCUT2D eigenvalue weighted by Crippen LogP contribution is 2.26. The fourth-order valence-electron chi connectivity index (χ4n) is 2.56. The molecule has 1 N–H and O–H groups in total. The molecule has 1 aromatic rings. The molecule has 0 aliphatic carbocycles. The molecule has 1 aliphatic rings. The highest BCUT2D eigenvalue weighted by molar-refractivity contribution is 8.00. The highest BCUT2D eigenvalue weighted by atomic mass is 32.2. The molecule has 0 amide bonds. The van der Waals surface area contributed by atoms with Crippen LogP contribution in [0.4, 0.5) is 0 Å². The number of hydrogen-bond acceptors (Lipinski definition) is 4. The van der Waals surface area contributed by atoms with Crippen LogP contribution in [-0.4, -0.2) is 35.0 Å². The monoisotopic (exact) mass is 268 g/mol. The van der Waals surface area contributed by atoms with Gasteiger partial charge in [0.1, 0.15) is 5.76 Å². The molecule has 2 heterocycles. The molecule has 102 valence electrons. The quantitative estimate of drug-likeness (QED) is 0.889. The first-order chi connectivity index (χ1) is 8.69. The lowest BCUT2D eigenvalue weighted by Crippen LogP contribution is -2.39. The summed E-state index contributed by atoms with van der Waals surface area (Å²) in [5.41, 5.74) is 1.34. The van der Waals surface area contributed by atoms with Crippen LogP contribution in [0.15, 0.2) is 16.7 Å². The molecule has 1 saturated heterocycles. The average molecular weight is 268 g/mol. The van der Waals surface area contributed by atoms with Crippen LogP contribution in [-0.2, 0) is 13.1 Å². The molecule has 1 aliphatic heterocycles. The second-order valence-corrected chi connectivity index (χ2v) is 6.98. The van der Waals surface area contributed by atoms with Crippen LogP contribution < -0.4 is 5.32 Å². The summed E-state index contributed by atoms with van der Waals surface area (Å²) in [6.45, 7) is 12.0. The van der Waals surface area contributed by atoms with Crippen LogP contribution in [0.1, 0.15) is 32.1 Å². The Bertz CT molecular complexity index is 356. The summed E-state index contributed by atoms with van der Waals surface area (Å²) < 4.78 is 5.57. The molecular formula is C14H24N2OS. The summed E-state index contributed by atoms with van der Waals surface area (Å²) in [6, 6.07) is 2.11. The first-order valence-electron chi connectivity index (χ1n) is 6.82. The SMILES string of the molecule is CCNCc1occc1CN1CC(C)SC(C)C1. The van der Waals surface area contributed by atoms with E-state index in [4.69, 9.17) is 4.42 Å². The van der Waals surface area contributed by atoms with Gasteiger partial charge >= 0.3 is 0 Å². The molecule has 0 bridgehead atoms. The van der Waals surface area contributed by atoms with E-state index in [2.05, 4.69) is 48.8 Å². The lowest BCUT2D eigenvalue weighted by Gasteiger charge is -2.34. The van der Waals surface area contributed by atoms with Crippen molar-refractivity contribution in [3.63, 3.8) is 0 Å². The van der Waals surface area contributed by atoms with E-state index in [0.29, 0.717) is 0 Å². The van der Waals surface area contributed by atoms with E-state index in [1.54, 1.807) is 0 Å². The molecule has 3 nitrogen and oxygen atoms in total. The molecule has 0 spiro atoms. The zero-order valence-electron chi connectivity index (χ0n) is 11.6. The molecule has 2 rings (SSSR count). The van der Waals surface area contributed by atoms with Crippen LogP contribution in [0, 0.1) is 0 Å². The number of nitrogens with one attached hydrogen (secondary N) is 1. The van der Waals surface area contributed by atoms with Gasteiger partial charge in [-0.3, -0.25) is 4.90 Å². The number of hydrogen-bond donors (Lipinski definition) is 1. The van der Waals surface area contributed by atoms with Gasteiger partial charge < -0.3 is 9.73 Å². The zero-order chi connectivity index (χ0) is 13.0. The smallest absolute Gasteiger partial charge is 0.122 e. The minimum atomic E-state index is 0.734. The summed E-state index contributed by atoms with van der Waals surface area (Å²) in [5.74, 6) is 1.09. The van der Waals surface area contributed by atoms with E-state index in [1.807, 2.05) is 6.26 Å². The van der Waals surface area contributed by atoms with Crippen LogP contribution in [0.25, 0.3) is 0 Å². The van der Waals surface area contributed by atoms with Crippen molar-refractivity contribution in [2.45, 2.75) is 44.4 Å². The Morgan fingerprint density at radius 3 is 2.78 bits per heavy atom. The summed E-state index contributed by atoms with van der Waals surface area (Å²) in [6.07, 6.45) is 1.81. The van der Waals surface area contributed by atoms with Gasteiger partial charge in [-0.2, -0.15) is 11.8 Å². The number of rotatable bonds is 5. The topological polar surface area (TPSA) is 28.4 Å². The normalized spacial score (nSPS) is 25.5. The third-order valence-electron chi connectivity index (χ3n) is 3.26. The summed E-state index contributed by atoms with van der Waals surface area (Å²) in [5, 5.41) is 4.80. The molecule has 1 fully saturated rings. The third-order valence-corrected chi connectivity index (χ3v) is 4.49. The van der Waals surface area contributed by atoms with Crippen LogP contribution in [0.5, 0.6) is 0 Å². The predicted octanol–water partition coefficient (Wildman–Crippen LogP) is 2.71. The highest BCUT2D eigenvalue weighted by Gasteiger charge is 2.23. The van der Waals surface area contributed by atoms with Crippen LogP contribution in [0.2, 0.25) is 0 Å². The van der Waals surface area contributed by atoms with Gasteiger partial charge in [0, 0.05) is 35.7 Å². The van der Waals surface area contributed by atoms with Crippen molar-refractivity contribution >= 4 is 11.8 Å². The Morgan fingerprint density at radius 1 is 1.39 bits per heavy atom. The Labute approximate surface area is 114 Å². The van der Waals surface area contributed by atoms with E-state index < -0.39 is 0 Å². The standard InChI is InChI=1S/C14H24N2OS/c1-4-15-7-14-13(5-6-17-14)10-16-8-11(2)18-12(3)9-16/h5-6,11-12,15H,4,7-10H2,1-3H3. The van der Waals surface area contributed by atoms with Crippen molar-refractivity contribution in [3.8, 4) is 0 Å². The van der Waals surface area contributed by atoms with Gasteiger partial charge in [-0.1, -0.05) is 20.8 Å². The van der Waals surface area contributed by atoms with Crippen molar-refractivity contribution in [2.75, 3.05) is 19.6 Å². The van der Waals surface area contributed by atoms with Crippen molar-refractivity contribution < 1.29 is 4.42 Å². The van der Waals surface area contributed by atoms with E-state index >= 15 is 0 Å². The molecule has 0 saturated carbocycles. The molecule has 0 radical (unpaired) electrons. The summed E-state index contributed by atoms with van der Waals surface area (Å²) >= 11 is 2.10. The van der Waals surface area contributed by atoms with E-state index in [0.717, 1.165) is 35.9 Å². The molecule has 4 heteroatoms. The largest absolute Gasteiger partial charge is 0.468 e. The fraction of sp³-hybridized carbons (Fsp3) is 0.714. The Balaban J connectivity index is 1.94. The second-order valence-electron chi connectivity index (χ2n) is 5.10. The maximum Gasteiger partial charge on any atom is 0.122 e. The second kappa shape index (κ2) is 6.64. The molecule has 2 atom stereocenters. The molecule has 18 heavy (non-hydrogen) atoms. The van der Waals surface area contributed by atoms with E-state index in [-0.39, 0.29) is 0 Å². The van der Waals surface area contributed by atoms with E-state index in [9.17, 15) is 0 Å². The predicted molar refractivity (Wildman–Crippen MR) is 77.9 cm³/mol. The zero-order valence-corrected chi connectivity index (χ0v) is 12.4. The average Bonchev–Trinajstić information content (AvgIpc) is 2.72. The lowest BCUT2D eigenvalue weighted by atomic mass is 10.2. The molecular weight excluding hydrogens is 244 g/mol. The molecule has 2 unspecified atom stereocenters. The van der Waals surface area contributed by atoms with E-state index in [1.165, 1.54) is 18.7 Å². The van der Waals surface area contributed by atoms with Crippen LogP contribution >= 0.6 is 11.8 Å². The maximum absolute atomic E-state index is 5.57. The maximum atomic E-state index is 5.57. The van der Waals surface area contributed by atoms with Crippen molar-refractivity contribution in [1.29, 1.82) is 0 Å². The van der Waals surface area contributed by atoms with Gasteiger partial charge in [-0.25, -0.2) is 0 Å². The number of thioether (sulfide) groups is 1. The van der Waals surface area contributed by atoms with Gasteiger partial charge in [0.05, 0.1) is 12.8 Å². The first kappa shape index (κ1) is 14.0. The minimum Gasteiger partial charge on any atom is -0.468 e.